The quantitative estimate of drug-likeness (QED) is 0.837. The zero-order chi connectivity index (χ0) is 14.7. The first-order chi connectivity index (χ1) is 9.47. The number of benzene rings is 1. The third kappa shape index (κ3) is 3.64. The summed E-state index contributed by atoms with van der Waals surface area (Å²) in [4.78, 5) is 26.8. The number of nitrogens with zero attached hydrogens (tertiary/aromatic N) is 2. The Morgan fingerprint density at radius 1 is 1.20 bits per heavy atom. The molecule has 1 heterocycles. The highest BCUT2D eigenvalue weighted by Crippen LogP contribution is 2.25. The number of hydrogen-bond acceptors (Lipinski definition) is 2. The summed E-state index contributed by atoms with van der Waals surface area (Å²) < 4.78 is 0.857. The molecular formula is C13H15BrClN3O2. The van der Waals surface area contributed by atoms with Crippen molar-refractivity contribution in [2.24, 2.45) is 0 Å². The number of anilines is 1. The van der Waals surface area contributed by atoms with Crippen LogP contribution in [0.4, 0.5) is 10.5 Å². The summed E-state index contributed by atoms with van der Waals surface area (Å²) in [6.07, 6.45) is 0. The minimum atomic E-state index is -0.197. The molecule has 0 aromatic heterocycles. The molecule has 0 spiro atoms. The first kappa shape index (κ1) is 15.1. The zero-order valence-corrected chi connectivity index (χ0v) is 13.4. The van der Waals surface area contributed by atoms with E-state index in [4.69, 9.17) is 11.6 Å². The number of amides is 3. The summed E-state index contributed by atoms with van der Waals surface area (Å²) in [6.45, 7) is 3.73. The Morgan fingerprint density at radius 2 is 1.80 bits per heavy atom. The van der Waals surface area contributed by atoms with Gasteiger partial charge in [0.05, 0.1) is 10.7 Å². The molecule has 1 aromatic rings. The van der Waals surface area contributed by atoms with Crippen molar-refractivity contribution in [2.45, 2.75) is 6.92 Å². The lowest BCUT2D eigenvalue weighted by atomic mass is 10.3. The lowest BCUT2D eigenvalue weighted by molar-refractivity contribution is -0.130. The monoisotopic (exact) mass is 359 g/mol. The van der Waals surface area contributed by atoms with Crippen molar-refractivity contribution in [1.29, 1.82) is 0 Å². The second-order valence-corrected chi connectivity index (χ2v) is 5.87. The average molecular weight is 361 g/mol. The molecule has 2 rings (SSSR count). The molecule has 7 heteroatoms. The molecule has 108 valence electrons. The second-order valence-electron chi connectivity index (χ2n) is 4.55. The molecule has 0 aliphatic carbocycles. The van der Waals surface area contributed by atoms with Gasteiger partial charge in [-0.15, -0.1) is 0 Å². The SMILES string of the molecule is CC(=O)N1CCN(C(=O)Nc2ccc(Br)cc2Cl)CC1. The van der Waals surface area contributed by atoms with Crippen molar-refractivity contribution in [3.63, 3.8) is 0 Å². The number of rotatable bonds is 1. The second kappa shape index (κ2) is 6.45. The van der Waals surface area contributed by atoms with Crippen LogP contribution in [0.25, 0.3) is 0 Å². The molecule has 0 radical (unpaired) electrons. The molecule has 0 saturated carbocycles. The normalized spacial score (nSPS) is 15.2. The molecule has 1 saturated heterocycles. The van der Waals surface area contributed by atoms with Crippen LogP contribution in [0.15, 0.2) is 22.7 Å². The van der Waals surface area contributed by atoms with Crippen LogP contribution in [0.3, 0.4) is 0 Å². The van der Waals surface area contributed by atoms with Crippen molar-refractivity contribution in [1.82, 2.24) is 9.80 Å². The molecular weight excluding hydrogens is 346 g/mol. The van der Waals surface area contributed by atoms with Gasteiger partial charge in [-0.2, -0.15) is 0 Å². The molecule has 0 atom stereocenters. The van der Waals surface area contributed by atoms with Gasteiger partial charge in [0.2, 0.25) is 5.91 Å². The van der Waals surface area contributed by atoms with Crippen LogP contribution < -0.4 is 5.32 Å². The fourth-order valence-electron chi connectivity index (χ4n) is 2.01. The lowest BCUT2D eigenvalue weighted by Gasteiger charge is -2.34. The minimum Gasteiger partial charge on any atom is -0.339 e. The third-order valence-corrected chi connectivity index (χ3v) is 3.99. The first-order valence-electron chi connectivity index (χ1n) is 6.24. The van der Waals surface area contributed by atoms with Crippen molar-refractivity contribution in [3.05, 3.63) is 27.7 Å². The molecule has 0 unspecified atom stereocenters. The van der Waals surface area contributed by atoms with Gasteiger partial charge in [0.1, 0.15) is 0 Å². The molecule has 1 N–H and O–H groups in total. The van der Waals surface area contributed by atoms with Gasteiger partial charge in [0.15, 0.2) is 0 Å². The summed E-state index contributed by atoms with van der Waals surface area (Å²) in [6, 6.07) is 5.09. The average Bonchev–Trinajstić information content (AvgIpc) is 2.42. The van der Waals surface area contributed by atoms with Gasteiger partial charge >= 0.3 is 6.03 Å². The van der Waals surface area contributed by atoms with Crippen molar-refractivity contribution in [3.8, 4) is 0 Å². The van der Waals surface area contributed by atoms with E-state index in [9.17, 15) is 9.59 Å². The number of carbonyl (C=O) groups excluding carboxylic acids is 2. The van der Waals surface area contributed by atoms with Crippen molar-refractivity contribution in [2.75, 3.05) is 31.5 Å². The fraction of sp³-hybridized carbons (Fsp3) is 0.385. The van der Waals surface area contributed by atoms with Crippen LogP contribution >= 0.6 is 27.5 Å². The molecule has 0 bridgehead atoms. The Kier molecular flexibility index (Phi) is 4.88. The van der Waals surface area contributed by atoms with Gasteiger partial charge < -0.3 is 15.1 Å². The van der Waals surface area contributed by atoms with E-state index in [1.54, 1.807) is 21.9 Å². The maximum atomic E-state index is 12.1. The van der Waals surface area contributed by atoms with Crippen LogP contribution in [0.5, 0.6) is 0 Å². The zero-order valence-electron chi connectivity index (χ0n) is 11.0. The van der Waals surface area contributed by atoms with E-state index in [2.05, 4.69) is 21.2 Å². The molecule has 1 aliphatic heterocycles. The number of urea groups is 1. The molecule has 5 nitrogen and oxygen atoms in total. The van der Waals surface area contributed by atoms with Gasteiger partial charge in [-0.1, -0.05) is 27.5 Å². The Hall–Kier alpha value is -1.27. The van der Waals surface area contributed by atoms with Gasteiger partial charge in [0, 0.05) is 37.6 Å². The van der Waals surface area contributed by atoms with E-state index >= 15 is 0 Å². The van der Waals surface area contributed by atoms with E-state index in [0.29, 0.717) is 36.9 Å². The van der Waals surface area contributed by atoms with E-state index in [0.717, 1.165) is 4.47 Å². The lowest BCUT2D eigenvalue weighted by Crippen LogP contribution is -2.51. The number of nitrogens with one attached hydrogen (secondary N) is 1. The topological polar surface area (TPSA) is 52.7 Å². The Morgan fingerprint density at radius 3 is 2.35 bits per heavy atom. The summed E-state index contributed by atoms with van der Waals surface area (Å²) in [5.41, 5.74) is 0.578. The van der Waals surface area contributed by atoms with Crippen LogP contribution in [-0.4, -0.2) is 47.9 Å². The highest BCUT2D eigenvalue weighted by atomic mass is 79.9. The summed E-state index contributed by atoms with van der Waals surface area (Å²) in [5, 5.41) is 3.26. The van der Waals surface area contributed by atoms with Crippen LogP contribution in [0.1, 0.15) is 6.92 Å². The molecule has 1 aromatic carbocycles. The van der Waals surface area contributed by atoms with Gasteiger partial charge in [0.25, 0.3) is 0 Å². The summed E-state index contributed by atoms with van der Waals surface area (Å²) in [7, 11) is 0. The number of piperazine rings is 1. The Balaban J connectivity index is 1.94. The van der Waals surface area contributed by atoms with Gasteiger partial charge in [-0.3, -0.25) is 4.79 Å². The maximum Gasteiger partial charge on any atom is 0.322 e. The van der Waals surface area contributed by atoms with Gasteiger partial charge in [-0.25, -0.2) is 4.79 Å². The highest BCUT2D eigenvalue weighted by Gasteiger charge is 2.22. The van der Waals surface area contributed by atoms with Crippen LogP contribution in [0.2, 0.25) is 5.02 Å². The molecule has 1 aliphatic rings. The Labute approximate surface area is 131 Å². The molecule has 1 fully saturated rings. The van der Waals surface area contributed by atoms with E-state index in [1.165, 1.54) is 6.92 Å². The van der Waals surface area contributed by atoms with Gasteiger partial charge in [-0.05, 0) is 18.2 Å². The number of hydrogen-bond donors (Lipinski definition) is 1. The van der Waals surface area contributed by atoms with E-state index < -0.39 is 0 Å². The highest BCUT2D eigenvalue weighted by molar-refractivity contribution is 9.10. The van der Waals surface area contributed by atoms with Crippen molar-refractivity contribution < 1.29 is 9.59 Å². The fourth-order valence-corrected chi connectivity index (χ4v) is 2.73. The molecule has 3 amide bonds. The van der Waals surface area contributed by atoms with Crippen molar-refractivity contribution >= 4 is 45.2 Å². The smallest absolute Gasteiger partial charge is 0.322 e. The molecule has 20 heavy (non-hydrogen) atoms. The Bertz CT molecular complexity index is 530. The largest absolute Gasteiger partial charge is 0.339 e. The van der Waals surface area contributed by atoms with E-state index in [-0.39, 0.29) is 11.9 Å². The van der Waals surface area contributed by atoms with Crippen LogP contribution in [-0.2, 0) is 4.79 Å². The third-order valence-electron chi connectivity index (χ3n) is 3.18. The summed E-state index contributed by atoms with van der Waals surface area (Å²) in [5.74, 6) is 0.0426. The number of halogens is 2. The van der Waals surface area contributed by atoms with Crippen LogP contribution in [0, 0.1) is 0 Å². The maximum absolute atomic E-state index is 12.1. The number of carbonyl (C=O) groups is 2. The standard InChI is InChI=1S/C13H15BrClN3O2/c1-9(19)17-4-6-18(7-5-17)13(20)16-12-3-2-10(14)8-11(12)15/h2-3,8H,4-7H2,1H3,(H,16,20). The predicted molar refractivity (Wildman–Crippen MR) is 82.0 cm³/mol. The van der Waals surface area contributed by atoms with E-state index in [1.807, 2.05) is 6.07 Å². The summed E-state index contributed by atoms with van der Waals surface area (Å²) >= 11 is 9.38. The first-order valence-corrected chi connectivity index (χ1v) is 7.41. The minimum absolute atomic E-state index is 0.0426. The predicted octanol–water partition coefficient (Wildman–Crippen LogP) is 2.80.